The molecule has 1 atom stereocenters. The zero-order valence-corrected chi connectivity index (χ0v) is 10.4. The van der Waals surface area contributed by atoms with Crippen LogP contribution in [0.5, 0.6) is 5.75 Å². The third-order valence-corrected chi connectivity index (χ3v) is 3.21. The first kappa shape index (κ1) is 12.2. The lowest BCUT2D eigenvalue weighted by atomic mass is 10.1. The second-order valence-corrected chi connectivity index (χ2v) is 4.44. The van der Waals surface area contributed by atoms with Crippen LogP contribution in [0, 0.1) is 5.92 Å². The SMILES string of the molecule is CCOc1cccnc1N1CCC(CCN)C1. The molecule has 0 aliphatic carbocycles. The normalized spacial score (nSPS) is 19.6. The van der Waals surface area contributed by atoms with Crippen LogP contribution in [0.15, 0.2) is 18.3 Å². The molecule has 0 saturated carbocycles. The van der Waals surface area contributed by atoms with Crippen LogP contribution >= 0.6 is 0 Å². The average molecular weight is 235 g/mol. The first-order valence-corrected chi connectivity index (χ1v) is 6.38. The number of pyridine rings is 1. The first-order valence-electron chi connectivity index (χ1n) is 6.38. The molecule has 4 nitrogen and oxygen atoms in total. The van der Waals surface area contributed by atoms with Crippen LogP contribution in [0.2, 0.25) is 0 Å². The molecule has 0 spiro atoms. The summed E-state index contributed by atoms with van der Waals surface area (Å²) in [5.41, 5.74) is 5.61. The Labute approximate surface area is 103 Å². The van der Waals surface area contributed by atoms with Gasteiger partial charge < -0.3 is 15.4 Å². The number of nitrogens with two attached hydrogens (primary N) is 1. The monoisotopic (exact) mass is 235 g/mol. The number of anilines is 1. The fraction of sp³-hybridized carbons (Fsp3) is 0.615. The summed E-state index contributed by atoms with van der Waals surface area (Å²) in [6.07, 6.45) is 4.14. The molecule has 94 valence electrons. The van der Waals surface area contributed by atoms with Gasteiger partial charge in [-0.25, -0.2) is 4.98 Å². The van der Waals surface area contributed by atoms with Crippen molar-refractivity contribution in [2.24, 2.45) is 11.7 Å². The second kappa shape index (κ2) is 5.87. The summed E-state index contributed by atoms with van der Waals surface area (Å²) in [6, 6.07) is 3.91. The molecule has 1 aromatic rings. The molecule has 1 aliphatic rings. The summed E-state index contributed by atoms with van der Waals surface area (Å²) >= 11 is 0. The molecule has 0 bridgehead atoms. The van der Waals surface area contributed by atoms with Gasteiger partial charge >= 0.3 is 0 Å². The Bertz CT molecular complexity index is 356. The summed E-state index contributed by atoms with van der Waals surface area (Å²) in [5.74, 6) is 2.58. The minimum Gasteiger partial charge on any atom is -0.490 e. The molecule has 1 unspecified atom stereocenters. The number of nitrogens with zero attached hydrogens (tertiary/aromatic N) is 2. The highest BCUT2D eigenvalue weighted by Gasteiger charge is 2.24. The molecular weight excluding hydrogens is 214 g/mol. The van der Waals surface area contributed by atoms with E-state index >= 15 is 0 Å². The van der Waals surface area contributed by atoms with Gasteiger partial charge in [0.05, 0.1) is 6.61 Å². The van der Waals surface area contributed by atoms with Crippen LogP contribution in [-0.4, -0.2) is 31.2 Å². The third-order valence-electron chi connectivity index (χ3n) is 3.21. The Hall–Kier alpha value is -1.29. The third kappa shape index (κ3) is 2.88. The van der Waals surface area contributed by atoms with E-state index in [4.69, 9.17) is 10.5 Å². The van der Waals surface area contributed by atoms with Crippen molar-refractivity contribution in [3.05, 3.63) is 18.3 Å². The number of ether oxygens (including phenoxy) is 1. The molecule has 0 radical (unpaired) electrons. The maximum atomic E-state index is 5.62. The Balaban J connectivity index is 2.07. The highest BCUT2D eigenvalue weighted by molar-refractivity contribution is 5.52. The van der Waals surface area contributed by atoms with Crippen molar-refractivity contribution in [1.29, 1.82) is 0 Å². The van der Waals surface area contributed by atoms with Gasteiger partial charge in [-0.05, 0) is 44.4 Å². The van der Waals surface area contributed by atoms with Gasteiger partial charge in [0.1, 0.15) is 0 Å². The average Bonchev–Trinajstić information content (AvgIpc) is 2.79. The lowest BCUT2D eigenvalue weighted by Crippen LogP contribution is -2.22. The van der Waals surface area contributed by atoms with E-state index in [0.717, 1.165) is 37.6 Å². The smallest absolute Gasteiger partial charge is 0.171 e. The summed E-state index contributed by atoms with van der Waals surface area (Å²) in [7, 11) is 0. The zero-order valence-electron chi connectivity index (χ0n) is 10.4. The van der Waals surface area contributed by atoms with E-state index in [1.807, 2.05) is 25.3 Å². The second-order valence-electron chi connectivity index (χ2n) is 4.44. The predicted octanol–water partition coefficient (Wildman–Crippen LogP) is 1.66. The highest BCUT2D eigenvalue weighted by atomic mass is 16.5. The van der Waals surface area contributed by atoms with Gasteiger partial charge in [0.25, 0.3) is 0 Å². The van der Waals surface area contributed by atoms with Crippen LogP contribution in [0.25, 0.3) is 0 Å². The lowest BCUT2D eigenvalue weighted by Gasteiger charge is -2.20. The van der Waals surface area contributed by atoms with Crippen molar-refractivity contribution >= 4 is 5.82 Å². The Morgan fingerprint density at radius 3 is 3.24 bits per heavy atom. The lowest BCUT2D eigenvalue weighted by molar-refractivity contribution is 0.339. The molecule has 4 heteroatoms. The highest BCUT2D eigenvalue weighted by Crippen LogP contribution is 2.30. The molecule has 1 fully saturated rings. The fourth-order valence-electron chi connectivity index (χ4n) is 2.38. The van der Waals surface area contributed by atoms with Crippen molar-refractivity contribution < 1.29 is 4.74 Å². The Kier molecular flexibility index (Phi) is 4.20. The molecule has 1 saturated heterocycles. The van der Waals surface area contributed by atoms with Crippen LogP contribution in [0.1, 0.15) is 19.8 Å². The number of hydrogen-bond donors (Lipinski definition) is 1. The van der Waals surface area contributed by atoms with Crippen molar-refractivity contribution in [3.8, 4) is 5.75 Å². The summed E-state index contributed by atoms with van der Waals surface area (Å²) in [6.45, 7) is 5.56. The van der Waals surface area contributed by atoms with E-state index in [1.165, 1.54) is 6.42 Å². The molecule has 1 aliphatic heterocycles. The number of aromatic nitrogens is 1. The zero-order chi connectivity index (χ0) is 12.1. The van der Waals surface area contributed by atoms with Gasteiger partial charge in [0.15, 0.2) is 11.6 Å². The topological polar surface area (TPSA) is 51.4 Å². The Morgan fingerprint density at radius 2 is 2.47 bits per heavy atom. The van der Waals surface area contributed by atoms with Gasteiger partial charge in [-0.15, -0.1) is 0 Å². The number of hydrogen-bond acceptors (Lipinski definition) is 4. The molecule has 0 amide bonds. The summed E-state index contributed by atoms with van der Waals surface area (Å²) < 4.78 is 5.62. The molecule has 2 heterocycles. The quantitative estimate of drug-likeness (QED) is 0.843. The van der Waals surface area contributed by atoms with E-state index in [0.29, 0.717) is 12.5 Å². The van der Waals surface area contributed by atoms with Gasteiger partial charge in [-0.3, -0.25) is 0 Å². The van der Waals surface area contributed by atoms with Crippen LogP contribution < -0.4 is 15.4 Å². The maximum Gasteiger partial charge on any atom is 0.171 e. The molecular formula is C13H21N3O. The minimum absolute atomic E-state index is 0.679. The summed E-state index contributed by atoms with van der Waals surface area (Å²) in [4.78, 5) is 6.75. The number of rotatable bonds is 5. The van der Waals surface area contributed by atoms with Crippen LogP contribution in [0.3, 0.4) is 0 Å². The summed E-state index contributed by atoms with van der Waals surface area (Å²) in [5, 5.41) is 0. The molecule has 2 rings (SSSR count). The molecule has 1 aromatic heterocycles. The fourth-order valence-corrected chi connectivity index (χ4v) is 2.38. The van der Waals surface area contributed by atoms with Gasteiger partial charge in [-0.2, -0.15) is 0 Å². The van der Waals surface area contributed by atoms with Gasteiger partial charge in [-0.1, -0.05) is 0 Å². The molecule has 17 heavy (non-hydrogen) atoms. The van der Waals surface area contributed by atoms with Crippen LogP contribution in [-0.2, 0) is 0 Å². The largest absolute Gasteiger partial charge is 0.490 e. The van der Waals surface area contributed by atoms with E-state index in [9.17, 15) is 0 Å². The molecule has 0 aromatic carbocycles. The minimum atomic E-state index is 0.679. The van der Waals surface area contributed by atoms with Gasteiger partial charge in [0, 0.05) is 19.3 Å². The van der Waals surface area contributed by atoms with Gasteiger partial charge in [0.2, 0.25) is 0 Å². The van der Waals surface area contributed by atoms with E-state index < -0.39 is 0 Å². The predicted molar refractivity (Wildman–Crippen MR) is 69.4 cm³/mol. The first-order chi connectivity index (χ1) is 8.35. The van der Waals surface area contributed by atoms with Crippen molar-refractivity contribution in [1.82, 2.24) is 4.98 Å². The van der Waals surface area contributed by atoms with Crippen molar-refractivity contribution in [2.45, 2.75) is 19.8 Å². The maximum absolute atomic E-state index is 5.62. The molecule has 2 N–H and O–H groups in total. The van der Waals surface area contributed by atoms with E-state index in [-0.39, 0.29) is 0 Å². The van der Waals surface area contributed by atoms with E-state index in [1.54, 1.807) is 0 Å². The van der Waals surface area contributed by atoms with Crippen molar-refractivity contribution in [3.63, 3.8) is 0 Å². The Morgan fingerprint density at radius 1 is 1.59 bits per heavy atom. The van der Waals surface area contributed by atoms with E-state index in [2.05, 4.69) is 9.88 Å². The van der Waals surface area contributed by atoms with Crippen molar-refractivity contribution in [2.75, 3.05) is 31.1 Å². The standard InChI is InChI=1S/C13H21N3O/c1-2-17-12-4-3-8-15-13(12)16-9-6-11(10-16)5-7-14/h3-4,8,11H,2,5-7,9-10,14H2,1H3. The van der Waals surface area contributed by atoms with Crippen LogP contribution in [0.4, 0.5) is 5.82 Å².